The van der Waals surface area contributed by atoms with Crippen LogP contribution in [0.3, 0.4) is 0 Å². The Hall–Kier alpha value is -2.93. The molecule has 4 rings (SSSR count). The van der Waals surface area contributed by atoms with Gasteiger partial charge in [0.1, 0.15) is 5.75 Å². The highest BCUT2D eigenvalue weighted by Crippen LogP contribution is 2.26. The molecule has 0 bridgehead atoms. The first kappa shape index (κ1) is 23.2. The van der Waals surface area contributed by atoms with Crippen LogP contribution in [-0.4, -0.2) is 65.9 Å². The van der Waals surface area contributed by atoms with Crippen molar-refractivity contribution in [2.24, 2.45) is 5.92 Å². The van der Waals surface area contributed by atoms with Gasteiger partial charge in [0, 0.05) is 44.6 Å². The lowest BCUT2D eigenvalue weighted by Gasteiger charge is -2.44. The van der Waals surface area contributed by atoms with Crippen molar-refractivity contribution in [2.45, 2.75) is 44.7 Å². The molecule has 3 heterocycles. The van der Waals surface area contributed by atoms with Crippen LogP contribution in [0.25, 0.3) is 0 Å². The molecule has 0 spiro atoms. The maximum atomic E-state index is 13.2. The third-order valence-corrected chi connectivity index (χ3v) is 6.76. The maximum Gasteiger partial charge on any atom is 0.227 e. The van der Waals surface area contributed by atoms with Gasteiger partial charge < -0.3 is 15.0 Å². The normalized spacial score (nSPS) is 22.2. The molecule has 2 aliphatic rings. The molecule has 2 saturated heterocycles. The molecular formula is C26H34N4O3. The van der Waals surface area contributed by atoms with Crippen LogP contribution in [0.1, 0.15) is 36.8 Å². The topological polar surface area (TPSA) is 74.8 Å². The molecule has 0 saturated carbocycles. The highest BCUT2D eigenvalue weighted by Gasteiger charge is 2.39. The second-order valence-corrected chi connectivity index (χ2v) is 9.01. The van der Waals surface area contributed by atoms with Crippen molar-refractivity contribution in [2.75, 3.05) is 33.3 Å². The summed E-state index contributed by atoms with van der Waals surface area (Å²) in [5.74, 6) is 0.866. The standard InChI is InChI=1S/C26H34N4O3/c1-33-22-9-5-7-20(15-22)16-25(31)30-14-10-23-24(19-30)29(18-21-8-6-11-27-17-21)13-4-2-3-12-28-26(23)32/h5-9,11,15,17,23-24H,2-4,10,12-14,16,18-19H2,1H3,(H,28,32). The molecule has 0 aliphatic carbocycles. The Morgan fingerprint density at radius 2 is 2.03 bits per heavy atom. The van der Waals surface area contributed by atoms with E-state index in [9.17, 15) is 9.59 Å². The third kappa shape index (κ3) is 6.11. The van der Waals surface area contributed by atoms with E-state index in [2.05, 4.69) is 21.3 Å². The van der Waals surface area contributed by atoms with E-state index < -0.39 is 0 Å². The lowest BCUT2D eigenvalue weighted by Crippen LogP contribution is -2.58. The lowest BCUT2D eigenvalue weighted by atomic mass is 9.88. The lowest BCUT2D eigenvalue weighted by molar-refractivity contribution is -0.139. The van der Waals surface area contributed by atoms with Crippen molar-refractivity contribution < 1.29 is 14.3 Å². The van der Waals surface area contributed by atoms with Crippen LogP contribution in [0.15, 0.2) is 48.8 Å². The van der Waals surface area contributed by atoms with Crippen molar-refractivity contribution in [3.63, 3.8) is 0 Å². The number of pyridine rings is 1. The molecule has 0 radical (unpaired) electrons. The first-order valence-electron chi connectivity index (χ1n) is 12.0. The van der Waals surface area contributed by atoms with Gasteiger partial charge in [-0.25, -0.2) is 0 Å². The van der Waals surface area contributed by atoms with Gasteiger partial charge >= 0.3 is 0 Å². The molecule has 7 nitrogen and oxygen atoms in total. The average molecular weight is 451 g/mol. The Labute approximate surface area is 196 Å². The fraction of sp³-hybridized carbons (Fsp3) is 0.500. The van der Waals surface area contributed by atoms with Crippen LogP contribution in [0.4, 0.5) is 0 Å². The van der Waals surface area contributed by atoms with Crippen LogP contribution < -0.4 is 10.1 Å². The van der Waals surface area contributed by atoms with Crippen LogP contribution in [0.2, 0.25) is 0 Å². The van der Waals surface area contributed by atoms with Gasteiger partial charge in [0.2, 0.25) is 11.8 Å². The fourth-order valence-electron chi connectivity index (χ4n) is 4.95. The van der Waals surface area contributed by atoms with Crippen molar-refractivity contribution in [1.82, 2.24) is 20.1 Å². The molecule has 1 N–H and O–H groups in total. The number of methoxy groups -OCH3 is 1. The number of likely N-dealkylation sites (tertiary alicyclic amines) is 1. The number of ether oxygens (including phenoxy) is 1. The number of piperidine rings is 1. The van der Waals surface area contributed by atoms with Crippen LogP contribution in [-0.2, 0) is 22.6 Å². The van der Waals surface area contributed by atoms with Crippen molar-refractivity contribution in [3.8, 4) is 5.75 Å². The first-order chi connectivity index (χ1) is 16.1. The predicted molar refractivity (Wildman–Crippen MR) is 127 cm³/mol. The van der Waals surface area contributed by atoms with Crippen LogP contribution in [0, 0.1) is 5.92 Å². The smallest absolute Gasteiger partial charge is 0.227 e. The summed E-state index contributed by atoms with van der Waals surface area (Å²) in [5.41, 5.74) is 2.07. The van der Waals surface area contributed by atoms with Crippen molar-refractivity contribution in [1.29, 1.82) is 0 Å². The molecule has 2 fully saturated rings. The zero-order chi connectivity index (χ0) is 23.0. The molecule has 2 aliphatic heterocycles. The molecule has 7 heteroatoms. The zero-order valence-corrected chi connectivity index (χ0v) is 19.4. The summed E-state index contributed by atoms with van der Waals surface area (Å²) in [6.07, 6.45) is 7.86. The van der Waals surface area contributed by atoms with Gasteiger partial charge in [0.25, 0.3) is 0 Å². The van der Waals surface area contributed by atoms with Gasteiger partial charge in [-0.3, -0.25) is 19.5 Å². The summed E-state index contributed by atoms with van der Waals surface area (Å²) in [5, 5.41) is 3.14. The number of nitrogens with zero attached hydrogens (tertiary/aromatic N) is 3. The van der Waals surface area contributed by atoms with E-state index in [1.165, 1.54) is 0 Å². The number of aromatic nitrogens is 1. The molecule has 176 valence electrons. The largest absolute Gasteiger partial charge is 0.497 e. The van der Waals surface area contributed by atoms with E-state index in [1.807, 2.05) is 41.4 Å². The minimum Gasteiger partial charge on any atom is -0.497 e. The second-order valence-electron chi connectivity index (χ2n) is 9.01. The number of carbonyl (C=O) groups excluding carboxylic acids is 2. The number of fused-ring (bicyclic) bond motifs is 1. The Kier molecular flexibility index (Phi) is 7.94. The van der Waals surface area contributed by atoms with Gasteiger partial charge in [-0.1, -0.05) is 24.6 Å². The van der Waals surface area contributed by atoms with Gasteiger partial charge in [-0.05, 0) is 55.1 Å². The zero-order valence-electron chi connectivity index (χ0n) is 19.4. The van der Waals surface area contributed by atoms with Crippen LogP contribution >= 0.6 is 0 Å². The number of nitrogens with one attached hydrogen (secondary N) is 1. The molecule has 1 aromatic carbocycles. The maximum absolute atomic E-state index is 13.2. The van der Waals surface area contributed by atoms with Gasteiger partial charge in [0.05, 0.1) is 19.4 Å². The van der Waals surface area contributed by atoms with E-state index in [0.717, 1.165) is 55.8 Å². The van der Waals surface area contributed by atoms with E-state index >= 15 is 0 Å². The summed E-state index contributed by atoms with van der Waals surface area (Å²) in [7, 11) is 1.63. The summed E-state index contributed by atoms with van der Waals surface area (Å²) in [4.78, 5) is 34.9. The second kappa shape index (κ2) is 11.3. The van der Waals surface area contributed by atoms with Crippen molar-refractivity contribution in [3.05, 3.63) is 59.9 Å². The third-order valence-electron chi connectivity index (χ3n) is 6.76. The number of amides is 2. The summed E-state index contributed by atoms with van der Waals surface area (Å²) < 4.78 is 5.30. The summed E-state index contributed by atoms with van der Waals surface area (Å²) in [6, 6.07) is 11.7. The predicted octanol–water partition coefficient (Wildman–Crippen LogP) is 2.65. The van der Waals surface area contributed by atoms with E-state index in [0.29, 0.717) is 25.9 Å². The van der Waals surface area contributed by atoms with E-state index in [-0.39, 0.29) is 23.8 Å². The van der Waals surface area contributed by atoms with Crippen molar-refractivity contribution >= 4 is 11.8 Å². The van der Waals surface area contributed by atoms with Gasteiger partial charge in [0.15, 0.2) is 0 Å². The molecule has 2 amide bonds. The minimum atomic E-state index is -0.111. The van der Waals surface area contributed by atoms with E-state index in [4.69, 9.17) is 4.74 Å². The number of carbonyl (C=O) groups is 2. The summed E-state index contributed by atoms with van der Waals surface area (Å²) >= 11 is 0. The minimum absolute atomic E-state index is 0.00804. The highest BCUT2D eigenvalue weighted by molar-refractivity contribution is 5.82. The van der Waals surface area contributed by atoms with Gasteiger partial charge in [-0.2, -0.15) is 0 Å². The summed E-state index contributed by atoms with van der Waals surface area (Å²) in [6.45, 7) is 3.57. The fourth-order valence-corrected chi connectivity index (χ4v) is 4.95. The Morgan fingerprint density at radius 1 is 1.15 bits per heavy atom. The Bertz CT molecular complexity index is 936. The number of benzene rings is 1. The molecule has 33 heavy (non-hydrogen) atoms. The number of hydrogen-bond acceptors (Lipinski definition) is 5. The average Bonchev–Trinajstić information content (AvgIpc) is 2.85. The number of rotatable bonds is 5. The van der Waals surface area contributed by atoms with E-state index in [1.54, 1.807) is 13.3 Å². The van der Waals surface area contributed by atoms with Crippen LogP contribution in [0.5, 0.6) is 5.75 Å². The molecule has 2 aromatic rings. The monoisotopic (exact) mass is 450 g/mol. The Balaban J connectivity index is 1.52. The molecule has 1 aromatic heterocycles. The number of hydrogen-bond donors (Lipinski definition) is 1. The SMILES string of the molecule is COc1cccc(CC(=O)N2CCC3C(=O)NCCCCCN(Cc4cccnc4)C3C2)c1. The first-order valence-corrected chi connectivity index (χ1v) is 12.0. The quantitative estimate of drug-likeness (QED) is 0.758. The molecular weight excluding hydrogens is 416 g/mol. The highest BCUT2D eigenvalue weighted by atomic mass is 16.5. The Morgan fingerprint density at radius 3 is 2.85 bits per heavy atom. The van der Waals surface area contributed by atoms with Gasteiger partial charge in [-0.15, -0.1) is 0 Å². The molecule has 2 atom stereocenters. The molecule has 2 unspecified atom stereocenters.